The van der Waals surface area contributed by atoms with Gasteiger partial charge in [-0.25, -0.2) is 4.98 Å². The second-order valence-corrected chi connectivity index (χ2v) is 6.15. The number of rotatable bonds is 4. The normalized spacial score (nSPS) is 10.8. The second-order valence-electron chi connectivity index (χ2n) is 6.15. The third-order valence-electron chi connectivity index (χ3n) is 4.23. The van der Waals surface area contributed by atoms with Crippen molar-refractivity contribution in [3.8, 4) is 22.8 Å². The van der Waals surface area contributed by atoms with Crippen LogP contribution in [0, 0.1) is 6.92 Å². The van der Waals surface area contributed by atoms with Crippen molar-refractivity contribution >= 4 is 17.2 Å². The molecule has 0 saturated carbocycles. The molecule has 0 aliphatic carbocycles. The summed E-state index contributed by atoms with van der Waals surface area (Å²) >= 11 is 0. The number of imidazole rings is 1. The van der Waals surface area contributed by atoms with Crippen LogP contribution in [0.4, 0.5) is 11.5 Å². The van der Waals surface area contributed by atoms with E-state index in [2.05, 4.69) is 5.32 Å². The molecule has 2 aromatic heterocycles. The molecule has 5 heteroatoms. The molecule has 2 heterocycles. The maximum atomic E-state index is 9.87. The summed E-state index contributed by atoms with van der Waals surface area (Å²) in [6, 6.07) is 18.9. The Kier molecular flexibility index (Phi) is 3.97. The van der Waals surface area contributed by atoms with Crippen LogP contribution in [0.3, 0.4) is 0 Å². The number of aromatic hydroxyl groups is 1. The Morgan fingerprint density at radius 2 is 1.88 bits per heavy atom. The molecular weight excluding hydrogens is 326 g/mol. The number of fused-ring (bicyclic) bond motifs is 1. The molecule has 0 unspecified atom stereocenters. The molecule has 0 spiro atoms. The lowest BCUT2D eigenvalue weighted by Crippen LogP contribution is -1.97. The molecule has 0 radical (unpaired) electrons. The number of hydrogen-bond donors (Lipinski definition) is 2. The number of ether oxygens (including phenoxy) is 1. The number of hydrogen-bond acceptors (Lipinski definition) is 4. The van der Waals surface area contributed by atoms with Crippen molar-refractivity contribution in [3.63, 3.8) is 0 Å². The minimum Gasteiger partial charge on any atom is -0.508 e. The Morgan fingerprint density at radius 3 is 2.69 bits per heavy atom. The van der Waals surface area contributed by atoms with E-state index in [1.165, 1.54) is 0 Å². The van der Waals surface area contributed by atoms with Crippen LogP contribution in [0.15, 0.2) is 66.9 Å². The van der Waals surface area contributed by atoms with E-state index in [9.17, 15) is 5.11 Å². The molecule has 0 amide bonds. The number of benzene rings is 2. The first-order valence-corrected chi connectivity index (χ1v) is 8.33. The summed E-state index contributed by atoms with van der Waals surface area (Å²) in [5, 5.41) is 13.3. The van der Waals surface area contributed by atoms with Crippen LogP contribution < -0.4 is 10.1 Å². The number of pyridine rings is 1. The molecule has 0 bridgehead atoms. The Bertz CT molecular complexity index is 1090. The summed E-state index contributed by atoms with van der Waals surface area (Å²) < 4.78 is 7.32. The molecule has 0 aliphatic heterocycles. The highest BCUT2D eigenvalue weighted by molar-refractivity contribution is 5.80. The highest BCUT2D eigenvalue weighted by Gasteiger charge is 2.15. The predicted octanol–water partition coefficient (Wildman–Crippen LogP) is 4.77. The summed E-state index contributed by atoms with van der Waals surface area (Å²) in [5.74, 6) is 1.82. The van der Waals surface area contributed by atoms with Gasteiger partial charge in [-0.1, -0.05) is 18.2 Å². The van der Waals surface area contributed by atoms with E-state index in [4.69, 9.17) is 9.72 Å². The number of methoxy groups -OCH3 is 1. The van der Waals surface area contributed by atoms with E-state index >= 15 is 0 Å². The van der Waals surface area contributed by atoms with Gasteiger partial charge in [0, 0.05) is 23.5 Å². The molecule has 26 heavy (non-hydrogen) atoms. The number of nitrogens with one attached hydrogen (secondary N) is 1. The number of anilines is 2. The number of nitrogens with zero attached hydrogens (tertiary/aromatic N) is 2. The fourth-order valence-electron chi connectivity index (χ4n) is 2.96. The minimum absolute atomic E-state index is 0.211. The van der Waals surface area contributed by atoms with Gasteiger partial charge in [0.2, 0.25) is 0 Å². The Balaban J connectivity index is 1.89. The predicted molar refractivity (Wildman–Crippen MR) is 103 cm³/mol. The van der Waals surface area contributed by atoms with Crippen molar-refractivity contribution in [1.82, 2.24) is 9.38 Å². The van der Waals surface area contributed by atoms with E-state index in [1.54, 1.807) is 19.2 Å². The van der Waals surface area contributed by atoms with Crippen molar-refractivity contribution in [2.45, 2.75) is 6.92 Å². The largest absolute Gasteiger partial charge is 0.508 e. The lowest BCUT2D eigenvalue weighted by Gasteiger charge is -2.10. The van der Waals surface area contributed by atoms with Crippen LogP contribution in [-0.4, -0.2) is 21.6 Å². The van der Waals surface area contributed by atoms with Gasteiger partial charge in [0.15, 0.2) is 0 Å². The van der Waals surface area contributed by atoms with Gasteiger partial charge in [-0.05, 0) is 48.9 Å². The summed E-state index contributed by atoms with van der Waals surface area (Å²) in [4.78, 5) is 4.78. The molecule has 5 nitrogen and oxygen atoms in total. The maximum Gasteiger partial charge on any atom is 0.143 e. The van der Waals surface area contributed by atoms with E-state index in [-0.39, 0.29) is 5.75 Å². The summed E-state index contributed by atoms with van der Waals surface area (Å²) in [6.45, 7) is 2.04. The highest BCUT2D eigenvalue weighted by Crippen LogP contribution is 2.33. The number of aromatic nitrogens is 2. The molecule has 4 rings (SSSR count). The zero-order valence-corrected chi connectivity index (χ0v) is 14.6. The fraction of sp³-hybridized carbons (Fsp3) is 0.0952. The van der Waals surface area contributed by atoms with Gasteiger partial charge in [-0.2, -0.15) is 0 Å². The molecule has 130 valence electrons. The van der Waals surface area contributed by atoms with Crippen molar-refractivity contribution < 1.29 is 9.84 Å². The summed E-state index contributed by atoms with van der Waals surface area (Å²) in [5.41, 5.74) is 4.49. The molecule has 0 atom stereocenters. The Hall–Kier alpha value is -3.47. The average Bonchev–Trinajstić information content (AvgIpc) is 2.99. The van der Waals surface area contributed by atoms with Gasteiger partial charge in [0.1, 0.15) is 28.7 Å². The molecule has 2 aromatic carbocycles. The van der Waals surface area contributed by atoms with Gasteiger partial charge in [-0.15, -0.1) is 0 Å². The molecule has 0 fully saturated rings. The quantitative estimate of drug-likeness (QED) is 0.559. The van der Waals surface area contributed by atoms with Crippen molar-refractivity contribution in [1.29, 1.82) is 0 Å². The highest BCUT2D eigenvalue weighted by atomic mass is 16.5. The molecule has 0 saturated heterocycles. The molecule has 0 aliphatic rings. The summed E-state index contributed by atoms with van der Waals surface area (Å²) in [6.07, 6.45) is 1.99. The number of phenols is 1. The van der Waals surface area contributed by atoms with E-state index < -0.39 is 0 Å². The summed E-state index contributed by atoms with van der Waals surface area (Å²) in [7, 11) is 1.65. The van der Waals surface area contributed by atoms with Gasteiger partial charge in [0.25, 0.3) is 0 Å². The SMILES string of the molecule is COc1cccc(Nc2c(-c3cccc(O)c3)nc3cc(C)ccn23)c1. The monoisotopic (exact) mass is 345 g/mol. The number of aryl methyl sites for hydroxylation is 1. The van der Waals surface area contributed by atoms with Gasteiger partial charge in [0.05, 0.1) is 7.11 Å². The molecule has 4 aromatic rings. The van der Waals surface area contributed by atoms with Crippen LogP contribution in [0.1, 0.15) is 5.56 Å². The minimum atomic E-state index is 0.211. The van der Waals surface area contributed by atoms with Crippen molar-refractivity contribution in [2.24, 2.45) is 0 Å². The van der Waals surface area contributed by atoms with E-state index in [0.717, 1.165) is 39.7 Å². The van der Waals surface area contributed by atoms with Gasteiger partial charge in [-0.3, -0.25) is 4.40 Å². The average molecular weight is 345 g/mol. The Labute approximate surface area is 151 Å². The Morgan fingerprint density at radius 1 is 1.04 bits per heavy atom. The third kappa shape index (κ3) is 2.95. The van der Waals surface area contributed by atoms with Crippen LogP contribution in [-0.2, 0) is 0 Å². The van der Waals surface area contributed by atoms with Crippen LogP contribution in [0.5, 0.6) is 11.5 Å². The van der Waals surface area contributed by atoms with E-state index in [1.807, 2.05) is 66.1 Å². The lowest BCUT2D eigenvalue weighted by molar-refractivity contribution is 0.415. The first kappa shape index (κ1) is 16.0. The lowest BCUT2D eigenvalue weighted by atomic mass is 10.1. The maximum absolute atomic E-state index is 9.87. The van der Waals surface area contributed by atoms with Gasteiger partial charge >= 0.3 is 0 Å². The standard InChI is InChI=1S/C21H19N3O2/c1-14-9-10-24-19(11-14)23-20(15-5-3-7-17(25)12-15)21(24)22-16-6-4-8-18(13-16)26-2/h3-13,22,25H,1-2H3. The third-order valence-corrected chi connectivity index (χ3v) is 4.23. The molecule has 2 N–H and O–H groups in total. The van der Waals surface area contributed by atoms with Crippen LogP contribution in [0.25, 0.3) is 16.9 Å². The smallest absolute Gasteiger partial charge is 0.143 e. The van der Waals surface area contributed by atoms with Crippen molar-refractivity contribution in [2.75, 3.05) is 12.4 Å². The van der Waals surface area contributed by atoms with Crippen LogP contribution in [0.2, 0.25) is 0 Å². The fourth-order valence-corrected chi connectivity index (χ4v) is 2.96. The number of phenolic OH excluding ortho intramolecular Hbond substituents is 1. The zero-order valence-electron chi connectivity index (χ0n) is 14.6. The van der Waals surface area contributed by atoms with E-state index in [0.29, 0.717) is 0 Å². The topological polar surface area (TPSA) is 58.8 Å². The second kappa shape index (κ2) is 6.44. The van der Waals surface area contributed by atoms with Crippen molar-refractivity contribution in [3.05, 3.63) is 72.4 Å². The first-order valence-electron chi connectivity index (χ1n) is 8.33. The zero-order chi connectivity index (χ0) is 18.1. The van der Waals surface area contributed by atoms with Gasteiger partial charge < -0.3 is 15.2 Å². The molecular formula is C21H19N3O2. The van der Waals surface area contributed by atoms with Crippen LogP contribution >= 0.6 is 0 Å². The first-order chi connectivity index (χ1) is 12.6.